The average Bonchev–Trinajstić information content (AvgIpc) is 2.81. The molecular formula is C11H17N3O3S. The van der Waals surface area contributed by atoms with E-state index in [0.29, 0.717) is 31.7 Å². The van der Waals surface area contributed by atoms with Crippen LogP contribution < -0.4 is 10.6 Å². The first-order valence-electron chi connectivity index (χ1n) is 5.78. The van der Waals surface area contributed by atoms with Gasteiger partial charge >= 0.3 is 5.97 Å². The Kier molecular flexibility index (Phi) is 6.31. The number of aromatic carboxylic acids is 1. The van der Waals surface area contributed by atoms with Gasteiger partial charge in [-0.1, -0.05) is 6.92 Å². The maximum atomic E-state index is 11.3. The summed E-state index contributed by atoms with van der Waals surface area (Å²) < 4.78 is 0. The van der Waals surface area contributed by atoms with Crippen molar-refractivity contribution in [1.82, 2.24) is 15.6 Å². The first kappa shape index (κ1) is 14.6. The fourth-order valence-corrected chi connectivity index (χ4v) is 1.91. The largest absolute Gasteiger partial charge is 0.476 e. The Balaban J connectivity index is 2.17. The zero-order valence-corrected chi connectivity index (χ0v) is 11.0. The van der Waals surface area contributed by atoms with Crippen molar-refractivity contribution in [3.63, 3.8) is 0 Å². The molecule has 7 heteroatoms. The highest BCUT2D eigenvalue weighted by atomic mass is 32.1. The summed E-state index contributed by atoms with van der Waals surface area (Å²) in [5.74, 6) is -0.987. The molecule has 18 heavy (non-hydrogen) atoms. The highest BCUT2D eigenvalue weighted by molar-refractivity contribution is 7.11. The maximum Gasteiger partial charge on any atom is 0.365 e. The summed E-state index contributed by atoms with van der Waals surface area (Å²) in [4.78, 5) is 25.8. The van der Waals surface area contributed by atoms with Crippen molar-refractivity contribution in [2.45, 2.75) is 26.3 Å². The summed E-state index contributed by atoms with van der Waals surface area (Å²) in [7, 11) is 0. The first-order valence-corrected chi connectivity index (χ1v) is 6.66. The number of amides is 1. The van der Waals surface area contributed by atoms with Crippen LogP contribution in [0.5, 0.6) is 0 Å². The fraction of sp³-hybridized carbons (Fsp3) is 0.545. The van der Waals surface area contributed by atoms with Crippen molar-refractivity contribution in [3.05, 3.63) is 16.1 Å². The minimum Gasteiger partial charge on any atom is -0.476 e. The highest BCUT2D eigenvalue weighted by Gasteiger charge is 2.08. The smallest absolute Gasteiger partial charge is 0.365 e. The van der Waals surface area contributed by atoms with Gasteiger partial charge in [0.05, 0.1) is 5.69 Å². The molecule has 0 aliphatic carbocycles. The third-order valence-corrected chi connectivity index (χ3v) is 3.02. The Hall–Kier alpha value is -1.47. The molecule has 0 radical (unpaired) electrons. The molecule has 0 saturated carbocycles. The van der Waals surface area contributed by atoms with Crippen molar-refractivity contribution < 1.29 is 14.7 Å². The van der Waals surface area contributed by atoms with Gasteiger partial charge in [-0.3, -0.25) is 4.79 Å². The summed E-state index contributed by atoms with van der Waals surface area (Å²) in [6.45, 7) is 3.73. The number of rotatable bonds is 8. The van der Waals surface area contributed by atoms with Gasteiger partial charge in [0, 0.05) is 31.4 Å². The number of thiazole rings is 1. The van der Waals surface area contributed by atoms with Crippen LogP contribution in [0.4, 0.5) is 0 Å². The lowest BCUT2D eigenvalue weighted by molar-refractivity contribution is -0.120. The number of carbonyl (C=O) groups is 2. The third kappa shape index (κ3) is 5.24. The van der Waals surface area contributed by atoms with Gasteiger partial charge in [0.15, 0.2) is 0 Å². The number of nitrogens with one attached hydrogen (secondary N) is 2. The van der Waals surface area contributed by atoms with Gasteiger partial charge in [-0.2, -0.15) is 0 Å². The summed E-state index contributed by atoms with van der Waals surface area (Å²) in [6, 6.07) is 0. The standard InChI is InChI=1S/C11H17N3O3S/c1-2-4-13-9(15)3-5-12-6-8-7-18-10(14-8)11(16)17/h7,12H,2-6H2,1H3,(H,13,15)(H,16,17). The van der Waals surface area contributed by atoms with Crippen molar-refractivity contribution in [2.75, 3.05) is 13.1 Å². The molecule has 0 atom stereocenters. The lowest BCUT2D eigenvalue weighted by atomic mass is 10.3. The van der Waals surface area contributed by atoms with Crippen LogP contribution in [0, 0.1) is 0 Å². The van der Waals surface area contributed by atoms with Crippen LogP contribution in [0.1, 0.15) is 35.3 Å². The van der Waals surface area contributed by atoms with Gasteiger partial charge in [0.25, 0.3) is 0 Å². The van der Waals surface area contributed by atoms with E-state index in [1.807, 2.05) is 6.92 Å². The number of aromatic nitrogens is 1. The number of carbonyl (C=O) groups excluding carboxylic acids is 1. The second kappa shape index (κ2) is 7.78. The second-order valence-corrected chi connectivity index (χ2v) is 4.58. The van der Waals surface area contributed by atoms with Gasteiger partial charge in [0.2, 0.25) is 10.9 Å². The van der Waals surface area contributed by atoms with E-state index in [1.54, 1.807) is 5.38 Å². The number of hydrogen-bond donors (Lipinski definition) is 3. The Bertz CT molecular complexity index is 406. The fourth-order valence-electron chi connectivity index (χ4n) is 1.26. The van der Waals surface area contributed by atoms with E-state index < -0.39 is 5.97 Å². The quantitative estimate of drug-likeness (QED) is 0.610. The summed E-state index contributed by atoms with van der Waals surface area (Å²) in [5, 5.41) is 16.3. The third-order valence-electron chi connectivity index (χ3n) is 2.14. The summed E-state index contributed by atoms with van der Waals surface area (Å²) >= 11 is 1.10. The Morgan fingerprint density at radius 3 is 2.83 bits per heavy atom. The predicted octanol–water partition coefficient (Wildman–Crippen LogP) is 0.847. The van der Waals surface area contributed by atoms with E-state index in [1.165, 1.54) is 0 Å². The molecule has 0 spiro atoms. The maximum absolute atomic E-state index is 11.3. The zero-order chi connectivity index (χ0) is 13.4. The molecule has 0 aliphatic rings. The summed E-state index contributed by atoms with van der Waals surface area (Å²) in [5.41, 5.74) is 0.686. The van der Waals surface area contributed by atoms with Gasteiger partial charge in [-0.15, -0.1) is 11.3 Å². The number of carboxylic acid groups (broad SMARTS) is 1. The minimum absolute atomic E-state index is 0.0221. The van der Waals surface area contributed by atoms with Crippen LogP contribution in [0.2, 0.25) is 0 Å². The van der Waals surface area contributed by atoms with Crippen LogP contribution in [0.15, 0.2) is 5.38 Å². The normalized spacial score (nSPS) is 10.3. The van der Waals surface area contributed by atoms with E-state index in [4.69, 9.17) is 5.11 Å². The lowest BCUT2D eigenvalue weighted by Gasteiger charge is -2.04. The molecule has 0 aromatic carbocycles. The predicted molar refractivity (Wildman–Crippen MR) is 68.7 cm³/mol. The molecule has 6 nitrogen and oxygen atoms in total. The van der Waals surface area contributed by atoms with E-state index in [-0.39, 0.29) is 10.9 Å². The zero-order valence-electron chi connectivity index (χ0n) is 10.2. The topological polar surface area (TPSA) is 91.3 Å². The molecule has 100 valence electrons. The van der Waals surface area contributed by atoms with Crippen LogP contribution in [0.3, 0.4) is 0 Å². The van der Waals surface area contributed by atoms with E-state index in [2.05, 4.69) is 15.6 Å². The molecule has 1 aromatic rings. The molecule has 0 unspecified atom stereocenters. The van der Waals surface area contributed by atoms with E-state index in [0.717, 1.165) is 17.8 Å². The second-order valence-electron chi connectivity index (χ2n) is 3.73. The Morgan fingerprint density at radius 1 is 1.44 bits per heavy atom. The number of nitrogens with zero attached hydrogens (tertiary/aromatic N) is 1. The van der Waals surface area contributed by atoms with Crippen molar-refractivity contribution in [1.29, 1.82) is 0 Å². The van der Waals surface area contributed by atoms with Crippen LogP contribution in [-0.2, 0) is 11.3 Å². The van der Waals surface area contributed by atoms with Crippen molar-refractivity contribution in [2.24, 2.45) is 0 Å². The lowest BCUT2D eigenvalue weighted by Crippen LogP contribution is -2.28. The monoisotopic (exact) mass is 271 g/mol. The van der Waals surface area contributed by atoms with Crippen molar-refractivity contribution in [3.8, 4) is 0 Å². The van der Waals surface area contributed by atoms with Gasteiger partial charge in [0.1, 0.15) is 0 Å². The van der Waals surface area contributed by atoms with Crippen molar-refractivity contribution >= 4 is 23.2 Å². The molecule has 1 amide bonds. The summed E-state index contributed by atoms with van der Waals surface area (Å²) in [6.07, 6.45) is 1.34. The molecule has 0 fully saturated rings. The Labute approximate surface area is 109 Å². The molecule has 1 heterocycles. The average molecular weight is 271 g/mol. The molecule has 3 N–H and O–H groups in total. The van der Waals surface area contributed by atoms with Crippen LogP contribution in [0.25, 0.3) is 0 Å². The molecular weight excluding hydrogens is 254 g/mol. The minimum atomic E-state index is -1.01. The highest BCUT2D eigenvalue weighted by Crippen LogP contribution is 2.08. The molecule has 0 aliphatic heterocycles. The number of carboxylic acids is 1. The van der Waals surface area contributed by atoms with Gasteiger partial charge < -0.3 is 15.7 Å². The Morgan fingerprint density at radius 2 is 2.22 bits per heavy atom. The van der Waals surface area contributed by atoms with E-state index in [9.17, 15) is 9.59 Å². The molecule has 0 saturated heterocycles. The van der Waals surface area contributed by atoms with Gasteiger partial charge in [-0.05, 0) is 6.42 Å². The molecule has 0 bridgehead atoms. The van der Waals surface area contributed by atoms with Crippen LogP contribution >= 0.6 is 11.3 Å². The number of hydrogen-bond acceptors (Lipinski definition) is 5. The SMILES string of the molecule is CCCNC(=O)CCNCc1csc(C(=O)O)n1. The molecule has 1 aromatic heterocycles. The van der Waals surface area contributed by atoms with Crippen LogP contribution in [-0.4, -0.2) is 35.1 Å². The molecule has 1 rings (SSSR count). The van der Waals surface area contributed by atoms with E-state index >= 15 is 0 Å². The van der Waals surface area contributed by atoms with Gasteiger partial charge in [-0.25, -0.2) is 9.78 Å². The first-order chi connectivity index (χ1) is 8.63.